The number of rotatable bonds is 5. The Bertz CT molecular complexity index is 443. The lowest BCUT2D eigenvalue weighted by atomic mass is 9.57. The zero-order chi connectivity index (χ0) is 17.2. The summed E-state index contributed by atoms with van der Waals surface area (Å²) in [6.07, 6.45) is 5.55. The third-order valence-electron chi connectivity index (χ3n) is 6.62. The van der Waals surface area contributed by atoms with Crippen LogP contribution in [0.4, 0.5) is 0 Å². The number of nitrogens with zero attached hydrogens (tertiary/aromatic N) is 2. The third-order valence-corrected chi connectivity index (χ3v) is 6.62. The van der Waals surface area contributed by atoms with Crippen molar-refractivity contribution in [2.24, 2.45) is 22.2 Å². The highest BCUT2D eigenvalue weighted by Crippen LogP contribution is 2.52. The minimum Gasteiger partial charge on any atom is -0.377 e. The van der Waals surface area contributed by atoms with Gasteiger partial charge in [-0.05, 0) is 51.2 Å². The molecule has 24 heavy (non-hydrogen) atoms. The first kappa shape index (κ1) is 18.0. The molecule has 0 amide bonds. The minimum atomic E-state index is 0.200. The molecule has 3 unspecified atom stereocenters. The maximum absolute atomic E-state index is 5.89. The average Bonchev–Trinajstić information content (AvgIpc) is 3.05. The fraction of sp³-hybridized carbons (Fsp3) is 0.947. The highest BCUT2D eigenvalue weighted by molar-refractivity contribution is 5.80. The maximum atomic E-state index is 5.89. The number of nitrogens with one attached hydrogen (secondary N) is 2. The summed E-state index contributed by atoms with van der Waals surface area (Å²) in [5.74, 6) is 2.48. The number of aliphatic imine (C=N–C) groups is 1. The van der Waals surface area contributed by atoms with Gasteiger partial charge in [-0.1, -0.05) is 20.8 Å². The molecule has 0 radical (unpaired) electrons. The molecule has 1 aliphatic carbocycles. The Morgan fingerprint density at radius 1 is 1.25 bits per heavy atom. The molecule has 2 saturated heterocycles. The van der Waals surface area contributed by atoms with E-state index in [1.165, 1.54) is 45.3 Å². The molecule has 5 nitrogen and oxygen atoms in total. The molecule has 2 N–H and O–H groups in total. The van der Waals surface area contributed by atoms with Gasteiger partial charge in [-0.3, -0.25) is 4.99 Å². The second kappa shape index (κ2) is 7.61. The van der Waals surface area contributed by atoms with Crippen molar-refractivity contribution in [3.63, 3.8) is 0 Å². The summed E-state index contributed by atoms with van der Waals surface area (Å²) in [5.41, 5.74) is 0.200. The number of hydrogen-bond acceptors (Lipinski definition) is 3. The molecule has 0 spiro atoms. The van der Waals surface area contributed by atoms with Crippen LogP contribution in [-0.4, -0.2) is 62.8 Å². The van der Waals surface area contributed by atoms with Gasteiger partial charge >= 0.3 is 0 Å². The summed E-state index contributed by atoms with van der Waals surface area (Å²) in [4.78, 5) is 7.00. The second-order valence-corrected chi connectivity index (χ2v) is 8.35. The number of fused-ring (bicyclic) bond motifs is 1. The molecular weight excluding hydrogens is 300 g/mol. The van der Waals surface area contributed by atoms with Crippen LogP contribution in [0.25, 0.3) is 0 Å². The van der Waals surface area contributed by atoms with Gasteiger partial charge < -0.3 is 20.3 Å². The lowest BCUT2D eigenvalue weighted by Gasteiger charge is -2.54. The maximum Gasteiger partial charge on any atom is 0.191 e. The highest BCUT2D eigenvalue weighted by Gasteiger charge is 2.59. The number of hydrogen-bond donors (Lipinski definition) is 2. The van der Waals surface area contributed by atoms with Crippen LogP contribution in [0.5, 0.6) is 0 Å². The summed E-state index contributed by atoms with van der Waals surface area (Å²) < 4.78 is 5.89. The zero-order valence-corrected chi connectivity index (χ0v) is 16.0. The summed E-state index contributed by atoms with van der Waals surface area (Å²) in [5, 5.41) is 7.21. The van der Waals surface area contributed by atoms with E-state index in [0.29, 0.717) is 18.1 Å². The standard InChI is InChI=1S/C19H36N4O/c1-5-23-11-7-14(8-12-23)6-10-21-18(20-4)22-16-15-9-13-24-17(15)19(16,2)3/h14-17H,5-13H2,1-4H3,(H2,20,21,22). The molecule has 0 aromatic rings. The van der Waals surface area contributed by atoms with Crippen LogP contribution in [0.15, 0.2) is 4.99 Å². The summed E-state index contributed by atoms with van der Waals surface area (Å²) in [6.45, 7) is 12.6. The molecule has 2 aliphatic heterocycles. The summed E-state index contributed by atoms with van der Waals surface area (Å²) in [7, 11) is 1.88. The molecular formula is C19H36N4O. The van der Waals surface area contributed by atoms with Crippen molar-refractivity contribution < 1.29 is 4.74 Å². The number of likely N-dealkylation sites (tertiary alicyclic amines) is 1. The van der Waals surface area contributed by atoms with E-state index < -0.39 is 0 Å². The zero-order valence-electron chi connectivity index (χ0n) is 16.0. The molecule has 1 saturated carbocycles. The van der Waals surface area contributed by atoms with Crippen molar-refractivity contribution in [3.8, 4) is 0 Å². The van der Waals surface area contributed by atoms with Gasteiger partial charge in [0, 0.05) is 37.6 Å². The fourth-order valence-corrected chi connectivity index (χ4v) is 4.95. The normalized spacial score (nSPS) is 33.8. The van der Waals surface area contributed by atoms with Crippen molar-refractivity contribution in [1.82, 2.24) is 15.5 Å². The first-order chi connectivity index (χ1) is 11.6. The molecule has 3 aliphatic rings. The Morgan fingerprint density at radius 3 is 2.67 bits per heavy atom. The molecule has 138 valence electrons. The Labute approximate surface area is 147 Å². The first-order valence-electron chi connectivity index (χ1n) is 9.87. The topological polar surface area (TPSA) is 48.9 Å². The lowest BCUT2D eigenvalue weighted by molar-refractivity contribution is -0.106. The Kier molecular flexibility index (Phi) is 5.70. The van der Waals surface area contributed by atoms with Crippen LogP contribution in [0.2, 0.25) is 0 Å². The molecule has 3 rings (SSSR count). The molecule has 0 bridgehead atoms. The van der Waals surface area contributed by atoms with Gasteiger partial charge in [0.2, 0.25) is 0 Å². The first-order valence-corrected chi connectivity index (χ1v) is 9.87. The predicted octanol–water partition coefficient (Wildman–Crippen LogP) is 2.09. The molecule has 3 fully saturated rings. The number of guanidine groups is 1. The Hall–Kier alpha value is -0.810. The lowest BCUT2D eigenvalue weighted by Crippen LogP contribution is -2.68. The van der Waals surface area contributed by atoms with E-state index in [2.05, 4.69) is 41.3 Å². The van der Waals surface area contributed by atoms with Gasteiger partial charge in [-0.15, -0.1) is 0 Å². The van der Waals surface area contributed by atoms with E-state index in [-0.39, 0.29) is 5.41 Å². The monoisotopic (exact) mass is 336 g/mol. The van der Waals surface area contributed by atoms with E-state index in [1.54, 1.807) is 0 Å². The van der Waals surface area contributed by atoms with Crippen LogP contribution in [-0.2, 0) is 4.74 Å². The van der Waals surface area contributed by atoms with Crippen LogP contribution >= 0.6 is 0 Å². The van der Waals surface area contributed by atoms with Crippen molar-refractivity contribution in [2.45, 2.75) is 58.6 Å². The average molecular weight is 337 g/mol. The Morgan fingerprint density at radius 2 is 2.00 bits per heavy atom. The van der Waals surface area contributed by atoms with Gasteiger partial charge in [-0.2, -0.15) is 0 Å². The predicted molar refractivity (Wildman–Crippen MR) is 99.4 cm³/mol. The highest BCUT2D eigenvalue weighted by atomic mass is 16.5. The molecule has 0 aromatic heterocycles. The number of ether oxygens (including phenoxy) is 1. The van der Waals surface area contributed by atoms with E-state index in [9.17, 15) is 0 Å². The van der Waals surface area contributed by atoms with Crippen LogP contribution in [0.1, 0.15) is 46.5 Å². The van der Waals surface area contributed by atoms with Gasteiger partial charge in [0.1, 0.15) is 0 Å². The van der Waals surface area contributed by atoms with E-state index in [4.69, 9.17) is 4.74 Å². The molecule has 3 atom stereocenters. The van der Waals surface area contributed by atoms with Crippen molar-refractivity contribution >= 4 is 5.96 Å². The van der Waals surface area contributed by atoms with Crippen LogP contribution in [0.3, 0.4) is 0 Å². The summed E-state index contributed by atoms with van der Waals surface area (Å²) >= 11 is 0. The van der Waals surface area contributed by atoms with E-state index in [1.807, 2.05) is 7.05 Å². The number of piperidine rings is 1. The van der Waals surface area contributed by atoms with Gasteiger partial charge in [0.25, 0.3) is 0 Å². The largest absolute Gasteiger partial charge is 0.377 e. The molecule has 0 aromatic carbocycles. The smallest absolute Gasteiger partial charge is 0.191 e. The van der Waals surface area contributed by atoms with E-state index in [0.717, 1.165) is 25.0 Å². The van der Waals surface area contributed by atoms with Crippen molar-refractivity contribution in [3.05, 3.63) is 0 Å². The van der Waals surface area contributed by atoms with Crippen molar-refractivity contribution in [2.75, 3.05) is 39.8 Å². The minimum absolute atomic E-state index is 0.200. The molecule has 2 heterocycles. The second-order valence-electron chi connectivity index (χ2n) is 8.35. The third kappa shape index (κ3) is 3.57. The summed E-state index contributed by atoms with van der Waals surface area (Å²) in [6, 6.07) is 0.476. The van der Waals surface area contributed by atoms with E-state index >= 15 is 0 Å². The van der Waals surface area contributed by atoms with Crippen molar-refractivity contribution in [1.29, 1.82) is 0 Å². The SMILES string of the molecule is CCN1CCC(CCNC(=NC)NC2C3CCOC3C2(C)C)CC1. The molecule has 5 heteroatoms. The van der Waals surface area contributed by atoms with Gasteiger partial charge in [-0.25, -0.2) is 0 Å². The fourth-order valence-electron chi connectivity index (χ4n) is 4.95. The Balaban J connectivity index is 1.40. The van der Waals surface area contributed by atoms with Gasteiger partial charge in [0.15, 0.2) is 5.96 Å². The van der Waals surface area contributed by atoms with Crippen LogP contribution < -0.4 is 10.6 Å². The van der Waals surface area contributed by atoms with Gasteiger partial charge in [0.05, 0.1) is 6.10 Å². The van der Waals surface area contributed by atoms with Crippen LogP contribution in [0, 0.1) is 17.3 Å². The quantitative estimate of drug-likeness (QED) is 0.596.